The Morgan fingerprint density at radius 2 is 2.05 bits per heavy atom. The Morgan fingerprint density at radius 3 is 2.73 bits per heavy atom. The lowest BCUT2D eigenvalue weighted by Crippen LogP contribution is -2.23. The summed E-state index contributed by atoms with van der Waals surface area (Å²) in [6, 6.07) is 3.66. The van der Waals surface area contributed by atoms with Crippen molar-refractivity contribution in [2.45, 2.75) is 20.4 Å². The Hall–Kier alpha value is -2.61. The predicted molar refractivity (Wildman–Crippen MR) is 82.4 cm³/mol. The number of carbonyl (C=O) groups excluding carboxylic acids is 1. The van der Waals surface area contributed by atoms with Gasteiger partial charge in [-0.05, 0) is 26.0 Å². The third kappa shape index (κ3) is 3.01. The summed E-state index contributed by atoms with van der Waals surface area (Å²) in [5.41, 5.74) is 1.62. The third-order valence-electron chi connectivity index (χ3n) is 3.00. The van der Waals surface area contributed by atoms with Gasteiger partial charge in [-0.3, -0.25) is 14.9 Å². The summed E-state index contributed by atoms with van der Waals surface area (Å²) in [7, 11) is 0. The van der Waals surface area contributed by atoms with Crippen LogP contribution in [0.5, 0.6) is 0 Å². The fourth-order valence-electron chi connectivity index (χ4n) is 1.99. The molecule has 0 aliphatic heterocycles. The van der Waals surface area contributed by atoms with Crippen LogP contribution in [-0.4, -0.2) is 31.1 Å². The second-order valence-corrected chi connectivity index (χ2v) is 5.87. The smallest absolute Gasteiger partial charge is 0.263 e. The molecule has 112 valence electrons. The molecule has 0 bridgehead atoms. The number of pyridine rings is 1. The number of nitrogens with zero attached hydrogens (tertiary/aromatic N) is 4. The van der Waals surface area contributed by atoms with E-state index in [0.29, 0.717) is 16.5 Å². The average Bonchev–Trinajstić information content (AvgIpc) is 3.12. The van der Waals surface area contributed by atoms with Gasteiger partial charge in [-0.25, -0.2) is 9.97 Å². The molecule has 3 heterocycles. The molecule has 7 nitrogen and oxygen atoms in total. The molecule has 0 saturated carbocycles. The second-order valence-electron chi connectivity index (χ2n) is 4.67. The van der Waals surface area contributed by atoms with Gasteiger partial charge >= 0.3 is 0 Å². The van der Waals surface area contributed by atoms with Crippen molar-refractivity contribution in [3.63, 3.8) is 0 Å². The normalized spacial score (nSPS) is 10.6. The van der Waals surface area contributed by atoms with E-state index in [-0.39, 0.29) is 12.5 Å². The molecule has 3 rings (SSSR count). The number of aromatic amines is 1. The van der Waals surface area contributed by atoms with Gasteiger partial charge in [0.2, 0.25) is 0 Å². The number of thiazole rings is 1. The molecule has 0 aromatic carbocycles. The monoisotopic (exact) mass is 314 g/mol. The van der Waals surface area contributed by atoms with Crippen molar-refractivity contribution in [2.24, 2.45) is 0 Å². The topological polar surface area (TPSA) is 96.5 Å². The Balaban J connectivity index is 1.66. The zero-order valence-corrected chi connectivity index (χ0v) is 12.9. The lowest BCUT2D eigenvalue weighted by molar-refractivity contribution is 0.0953. The number of nitrogens with one attached hydrogen (secondary N) is 2. The van der Waals surface area contributed by atoms with Crippen molar-refractivity contribution in [2.75, 3.05) is 0 Å². The molecule has 0 radical (unpaired) electrons. The van der Waals surface area contributed by atoms with Gasteiger partial charge < -0.3 is 5.32 Å². The number of hydrogen-bond acceptors (Lipinski definition) is 6. The lowest BCUT2D eigenvalue weighted by atomic mass is 10.2. The van der Waals surface area contributed by atoms with Crippen LogP contribution in [0.15, 0.2) is 24.5 Å². The number of carbonyl (C=O) groups is 1. The number of amides is 1. The highest BCUT2D eigenvalue weighted by molar-refractivity contribution is 7.13. The summed E-state index contributed by atoms with van der Waals surface area (Å²) in [6.45, 7) is 3.99. The van der Waals surface area contributed by atoms with Gasteiger partial charge in [0, 0.05) is 18.0 Å². The van der Waals surface area contributed by atoms with E-state index in [4.69, 9.17) is 0 Å². The molecular formula is C14H14N6OS. The van der Waals surface area contributed by atoms with E-state index in [1.54, 1.807) is 12.4 Å². The van der Waals surface area contributed by atoms with E-state index >= 15 is 0 Å². The Labute approximate surface area is 130 Å². The minimum Gasteiger partial charge on any atom is -0.344 e. The largest absolute Gasteiger partial charge is 0.344 e. The third-order valence-corrected chi connectivity index (χ3v) is 4.07. The molecular weight excluding hydrogens is 300 g/mol. The Bertz CT molecular complexity index is 795. The highest BCUT2D eigenvalue weighted by Gasteiger charge is 2.14. The standard InChI is InChI=1S/C14H14N6OS/c1-8-12(22-9(2)17-8)14(21)16-7-11-18-13(20-19-11)10-3-5-15-6-4-10/h3-6H,7H2,1-2H3,(H,16,21)(H,18,19,20). The first-order valence-corrected chi connectivity index (χ1v) is 7.49. The van der Waals surface area contributed by atoms with Crippen molar-refractivity contribution in [3.8, 4) is 11.4 Å². The summed E-state index contributed by atoms with van der Waals surface area (Å²) >= 11 is 1.38. The van der Waals surface area contributed by atoms with Gasteiger partial charge in [0.25, 0.3) is 5.91 Å². The first-order valence-electron chi connectivity index (χ1n) is 6.67. The van der Waals surface area contributed by atoms with Gasteiger partial charge in [-0.2, -0.15) is 5.10 Å². The fourth-order valence-corrected chi connectivity index (χ4v) is 2.83. The Kier molecular flexibility index (Phi) is 3.92. The van der Waals surface area contributed by atoms with Crippen molar-refractivity contribution < 1.29 is 4.79 Å². The van der Waals surface area contributed by atoms with Crippen molar-refractivity contribution in [3.05, 3.63) is 45.9 Å². The lowest BCUT2D eigenvalue weighted by Gasteiger charge is -2.00. The molecule has 22 heavy (non-hydrogen) atoms. The minimum absolute atomic E-state index is 0.148. The first kappa shape index (κ1) is 14.3. The number of aryl methyl sites for hydroxylation is 2. The molecule has 0 aliphatic carbocycles. The van der Waals surface area contributed by atoms with Crippen LogP contribution < -0.4 is 5.32 Å². The van der Waals surface area contributed by atoms with Crippen LogP contribution in [-0.2, 0) is 6.54 Å². The molecule has 2 N–H and O–H groups in total. The predicted octanol–water partition coefficient (Wildman–Crippen LogP) is 1.87. The van der Waals surface area contributed by atoms with Crippen molar-refractivity contribution in [1.29, 1.82) is 0 Å². The second kappa shape index (κ2) is 6.02. The maximum atomic E-state index is 12.1. The fraction of sp³-hybridized carbons (Fsp3) is 0.214. The molecule has 0 unspecified atom stereocenters. The van der Waals surface area contributed by atoms with Crippen molar-refractivity contribution >= 4 is 17.2 Å². The summed E-state index contributed by atoms with van der Waals surface area (Å²) in [5.74, 6) is 1.03. The number of hydrogen-bond donors (Lipinski definition) is 2. The summed E-state index contributed by atoms with van der Waals surface area (Å²) in [5, 5.41) is 10.7. The van der Waals surface area contributed by atoms with Gasteiger partial charge in [0.15, 0.2) is 5.82 Å². The molecule has 0 atom stereocenters. The molecule has 0 spiro atoms. The van der Waals surface area contributed by atoms with Crippen LogP contribution in [0.4, 0.5) is 0 Å². The number of H-pyrrole nitrogens is 1. The van der Waals surface area contributed by atoms with E-state index in [1.807, 2.05) is 26.0 Å². The maximum absolute atomic E-state index is 12.1. The average molecular weight is 314 g/mol. The highest BCUT2D eigenvalue weighted by atomic mass is 32.1. The van der Waals surface area contributed by atoms with E-state index in [2.05, 4.69) is 30.5 Å². The van der Waals surface area contributed by atoms with Gasteiger partial charge in [-0.15, -0.1) is 11.3 Å². The number of aromatic nitrogens is 5. The van der Waals surface area contributed by atoms with Crippen LogP contribution in [0.3, 0.4) is 0 Å². The summed E-state index contributed by atoms with van der Waals surface area (Å²) in [4.78, 5) is 25.3. The SMILES string of the molecule is Cc1nc(C)c(C(=O)NCc2nc(-c3ccncc3)n[nH]2)s1. The quantitative estimate of drug-likeness (QED) is 0.766. The molecule has 0 fully saturated rings. The summed E-state index contributed by atoms with van der Waals surface area (Å²) < 4.78 is 0. The van der Waals surface area contributed by atoms with Gasteiger partial charge in [-0.1, -0.05) is 0 Å². The highest BCUT2D eigenvalue weighted by Crippen LogP contribution is 2.17. The Morgan fingerprint density at radius 1 is 1.27 bits per heavy atom. The summed E-state index contributed by atoms with van der Waals surface area (Å²) in [6.07, 6.45) is 3.37. The van der Waals surface area contributed by atoms with Crippen LogP contribution in [0.25, 0.3) is 11.4 Å². The van der Waals surface area contributed by atoms with Crippen LogP contribution in [0.2, 0.25) is 0 Å². The van der Waals surface area contributed by atoms with E-state index in [1.165, 1.54) is 11.3 Å². The van der Waals surface area contributed by atoms with Crippen molar-refractivity contribution in [1.82, 2.24) is 30.5 Å². The molecule has 3 aromatic rings. The van der Waals surface area contributed by atoms with E-state index < -0.39 is 0 Å². The van der Waals surface area contributed by atoms with Crippen LogP contribution >= 0.6 is 11.3 Å². The first-order chi connectivity index (χ1) is 10.6. The molecule has 1 amide bonds. The minimum atomic E-state index is -0.148. The zero-order valence-electron chi connectivity index (χ0n) is 12.1. The molecule has 8 heteroatoms. The van der Waals surface area contributed by atoms with Gasteiger partial charge in [0.1, 0.15) is 10.7 Å². The molecule has 3 aromatic heterocycles. The van der Waals surface area contributed by atoms with E-state index in [9.17, 15) is 4.79 Å². The zero-order chi connectivity index (χ0) is 15.5. The van der Waals surface area contributed by atoms with Gasteiger partial charge in [0.05, 0.1) is 17.2 Å². The van der Waals surface area contributed by atoms with Crippen LogP contribution in [0.1, 0.15) is 26.2 Å². The van der Waals surface area contributed by atoms with Crippen LogP contribution in [0, 0.1) is 13.8 Å². The molecule has 0 saturated heterocycles. The van der Waals surface area contributed by atoms with E-state index in [0.717, 1.165) is 16.3 Å². The number of rotatable bonds is 4. The maximum Gasteiger partial charge on any atom is 0.263 e. The molecule has 0 aliphatic rings.